The van der Waals surface area contributed by atoms with E-state index in [1.807, 2.05) is 44.2 Å². The van der Waals surface area contributed by atoms with Gasteiger partial charge >= 0.3 is 12.0 Å². The summed E-state index contributed by atoms with van der Waals surface area (Å²) in [5.74, 6) is -2.13. The number of thioether (sulfide) groups is 1. The minimum atomic E-state index is -1.96. The monoisotopic (exact) mass is 643 g/mol. The number of quaternary nitrogens is 1. The van der Waals surface area contributed by atoms with Crippen molar-refractivity contribution in [2.75, 3.05) is 26.4 Å². The lowest BCUT2D eigenvalue weighted by Gasteiger charge is -2.42. The average molecular weight is 644 g/mol. The van der Waals surface area contributed by atoms with Crippen LogP contribution in [0.1, 0.15) is 59.4 Å². The first-order valence-electron chi connectivity index (χ1n) is 15.2. The minimum Gasteiger partial charge on any atom is -0.414 e. The van der Waals surface area contributed by atoms with Crippen LogP contribution in [0.25, 0.3) is 0 Å². The number of aliphatic hydroxyl groups is 1. The lowest BCUT2D eigenvalue weighted by Crippen LogP contribution is -2.69. The predicted molar refractivity (Wildman–Crippen MR) is 172 cm³/mol. The van der Waals surface area contributed by atoms with Crippen LogP contribution in [0.2, 0.25) is 0 Å². The lowest BCUT2D eigenvalue weighted by atomic mass is 9.91. The number of hydrogen-bond donors (Lipinski definition) is 3. The molecule has 4 atom stereocenters. The van der Waals surface area contributed by atoms with Crippen LogP contribution in [-0.2, 0) is 30.3 Å². The number of ether oxygens (including phenoxy) is 1. The number of benzene rings is 1. The molecule has 1 saturated heterocycles. The number of carbonyl (C=O) groups excluding carboxylic acids is 5. The van der Waals surface area contributed by atoms with Crippen LogP contribution in [-0.4, -0.2) is 88.0 Å². The summed E-state index contributed by atoms with van der Waals surface area (Å²) in [6, 6.07) is 8.27. The second-order valence-corrected chi connectivity index (χ2v) is 14.2. The highest BCUT2D eigenvalue weighted by Crippen LogP contribution is 2.42. The van der Waals surface area contributed by atoms with Crippen molar-refractivity contribution in [3.8, 4) is 0 Å². The Morgan fingerprint density at radius 1 is 1.18 bits per heavy atom. The molecular formula is C33H47N4O7S+. The van der Waals surface area contributed by atoms with Crippen molar-refractivity contribution < 1.29 is 38.3 Å². The number of likely N-dealkylation sites (tertiary alicyclic amines) is 1. The fraction of sp³-hybridized carbons (Fsp3) is 0.545. The highest BCUT2D eigenvalue weighted by atomic mass is 32.2. The minimum absolute atomic E-state index is 0.0207. The second-order valence-electron chi connectivity index (χ2n) is 13.1. The molecule has 45 heavy (non-hydrogen) atoms. The number of nitrogens with one attached hydrogen (secondary N) is 1. The van der Waals surface area contributed by atoms with Gasteiger partial charge in [-0.25, -0.2) is 4.79 Å². The summed E-state index contributed by atoms with van der Waals surface area (Å²) in [5, 5.41) is 14.5. The lowest BCUT2D eigenvalue weighted by molar-refractivity contribution is -0.841. The number of hydrogen-bond acceptors (Lipinski definition) is 9. The van der Waals surface area contributed by atoms with Gasteiger partial charge in [0, 0.05) is 36.6 Å². The third-order valence-corrected chi connectivity index (χ3v) is 9.30. The maximum atomic E-state index is 13.6. The van der Waals surface area contributed by atoms with E-state index < -0.39 is 64.0 Å². The summed E-state index contributed by atoms with van der Waals surface area (Å²) in [7, 11) is 2.79. The molecule has 0 saturated carbocycles. The Labute approximate surface area is 269 Å². The number of nitrogens with zero attached hydrogens (tertiary/aromatic N) is 2. The highest BCUT2D eigenvalue weighted by molar-refractivity contribution is 8.03. The molecule has 1 aliphatic heterocycles. The standard InChI is InChI=1S/C33H46N4O7S/c1-21(2)15-23-18-33(43,37(7,28(39)19-34)31(42)44-32(3,4)5)14-13-26(23)45-20-24-17-27(38)36(30(24)41)25(29(40)35-6)16-22-11-9-8-10-12-22/h8-13,18,21,24-25,43H,14-17,19-20,34H2,1-7H3/p+1/t24-,25?,33?,37?/m0/s1. The molecule has 3 rings (SSSR count). The zero-order valence-electron chi connectivity index (χ0n) is 27.3. The van der Waals surface area contributed by atoms with E-state index in [-0.39, 0.29) is 30.9 Å². The molecular weight excluding hydrogens is 596 g/mol. The largest absolute Gasteiger partial charge is 0.526 e. The summed E-state index contributed by atoms with van der Waals surface area (Å²) in [6.45, 7) is 8.56. The van der Waals surface area contributed by atoms with Crippen LogP contribution >= 0.6 is 11.8 Å². The van der Waals surface area contributed by atoms with E-state index in [1.165, 1.54) is 25.9 Å². The van der Waals surface area contributed by atoms with E-state index in [2.05, 4.69) is 5.32 Å². The van der Waals surface area contributed by atoms with Crippen LogP contribution in [0, 0.1) is 11.8 Å². The van der Waals surface area contributed by atoms with E-state index in [0.29, 0.717) is 12.0 Å². The molecule has 5 amide bonds. The van der Waals surface area contributed by atoms with Crippen molar-refractivity contribution in [3.05, 3.63) is 58.5 Å². The number of likely N-dealkylation sites (N-methyl/N-ethyl adjacent to an activating group) is 2. The van der Waals surface area contributed by atoms with Crippen LogP contribution in [0.3, 0.4) is 0 Å². The molecule has 1 aromatic carbocycles. The first-order chi connectivity index (χ1) is 21.0. The Balaban J connectivity index is 1.85. The summed E-state index contributed by atoms with van der Waals surface area (Å²) in [5.41, 5.74) is 4.38. The van der Waals surface area contributed by atoms with Gasteiger partial charge in [-0.15, -0.1) is 16.2 Å². The molecule has 11 nitrogen and oxygen atoms in total. The van der Waals surface area contributed by atoms with Crippen molar-refractivity contribution >= 4 is 41.5 Å². The van der Waals surface area contributed by atoms with Crippen molar-refractivity contribution in [1.29, 1.82) is 0 Å². The van der Waals surface area contributed by atoms with Crippen molar-refractivity contribution in [3.63, 3.8) is 0 Å². The Kier molecular flexibility index (Phi) is 11.6. The van der Waals surface area contributed by atoms with Gasteiger partial charge in [-0.05, 0) is 44.2 Å². The molecule has 1 aromatic rings. The maximum Gasteiger partial charge on any atom is 0.526 e. The molecule has 1 fully saturated rings. The second kappa shape index (κ2) is 14.4. The average Bonchev–Trinajstić information content (AvgIpc) is 3.25. The molecule has 4 N–H and O–H groups in total. The number of rotatable bonds is 11. The molecule has 3 unspecified atom stereocenters. The van der Waals surface area contributed by atoms with Gasteiger partial charge in [0.05, 0.1) is 19.4 Å². The van der Waals surface area contributed by atoms with Gasteiger partial charge in [0.2, 0.25) is 23.4 Å². The van der Waals surface area contributed by atoms with Crippen LogP contribution in [0.5, 0.6) is 0 Å². The maximum absolute atomic E-state index is 13.6. The van der Waals surface area contributed by atoms with E-state index >= 15 is 0 Å². The number of carbonyl (C=O) groups is 5. The van der Waals surface area contributed by atoms with Gasteiger partial charge < -0.3 is 20.9 Å². The molecule has 2 aliphatic rings. The zero-order chi connectivity index (χ0) is 33.7. The van der Waals surface area contributed by atoms with Crippen LogP contribution in [0.4, 0.5) is 4.79 Å². The Bertz CT molecular complexity index is 1370. The quantitative estimate of drug-likeness (QED) is 0.187. The van der Waals surface area contributed by atoms with Crippen molar-refractivity contribution in [2.45, 2.75) is 77.7 Å². The molecule has 1 heterocycles. The van der Waals surface area contributed by atoms with E-state index in [0.717, 1.165) is 15.4 Å². The molecule has 0 aromatic heterocycles. The smallest absolute Gasteiger partial charge is 0.414 e. The topological polar surface area (TPSA) is 156 Å². The van der Waals surface area contributed by atoms with Gasteiger partial charge in [-0.2, -0.15) is 4.79 Å². The third kappa shape index (κ3) is 8.10. The van der Waals surface area contributed by atoms with E-state index in [4.69, 9.17) is 10.5 Å². The first kappa shape index (κ1) is 36.2. The van der Waals surface area contributed by atoms with Gasteiger partial charge in [-0.3, -0.25) is 19.3 Å². The van der Waals surface area contributed by atoms with Gasteiger partial charge in [0.15, 0.2) is 0 Å². The van der Waals surface area contributed by atoms with Gasteiger partial charge in [-0.1, -0.05) is 50.3 Å². The molecule has 0 bridgehead atoms. The van der Waals surface area contributed by atoms with Gasteiger partial charge in [0.1, 0.15) is 18.2 Å². The van der Waals surface area contributed by atoms with Crippen molar-refractivity contribution in [2.24, 2.45) is 17.6 Å². The summed E-state index contributed by atoms with van der Waals surface area (Å²) in [4.78, 5) is 67.9. The molecule has 246 valence electrons. The fourth-order valence-corrected chi connectivity index (χ4v) is 6.70. The first-order valence-corrected chi connectivity index (χ1v) is 16.2. The van der Waals surface area contributed by atoms with Crippen LogP contribution < -0.4 is 11.1 Å². The Hall–Kier alpha value is -3.32. The van der Waals surface area contributed by atoms with E-state index in [1.54, 1.807) is 32.9 Å². The Morgan fingerprint density at radius 3 is 2.38 bits per heavy atom. The fourth-order valence-electron chi connectivity index (χ4n) is 5.53. The summed E-state index contributed by atoms with van der Waals surface area (Å²) in [6.07, 6.45) is 3.01. The summed E-state index contributed by atoms with van der Waals surface area (Å²) < 4.78 is 4.48. The molecule has 1 aliphatic carbocycles. The molecule has 0 radical (unpaired) electrons. The zero-order valence-corrected chi connectivity index (χ0v) is 28.1. The van der Waals surface area contributed by atoms with Crippen molar-refractivity contribution in [1.82, 2.24) is 10.2 Å². The SMILES string of the molecule is CNC(=O)C(Cc1ccccc1)N1C(=O)C[C@@H](CSC2=CCC(O)([N+](C)(C(=O)CN)C(=O)OC(C)(C)C)C=C2CC(C)C)C1=O. The predicted octanol–water partition coefficient (Wildman–Crippen LogP) is 3.27. The summed E-state index contributed by atoms with van der Waals surface area (Å²) >= 11 is 1.38. The number of nitrogens with two attached hydrogens (primary N) is 1. The number of amides is 5. The Morgan fingerprint density at radius 2 is 1.82 bits per heavy atom. The van der Waals surface area contributed by atoms with E-state index in [9.17, 15) is 29.1 Å². The number of allylic oxidation sites excluding steroid dienone is 1. The highest BCUT2D eigenvalue weighted by Gasteiger charge is 2.59. The van der Waals surface area contributed by atoms with Crippen LogP contribution in [0.15, 0.2) is 53.0 Å². The third-order valence-electron chi connectivity index (χ3n) is 7.99. The normalized spacial score (nSPS) is 22.4. The molecule has 0 spiro atoms. The molecule has 12 heteroatoms. The van der Waals surface area contributed by atoms with Gasteiger partial charge in [0.25, 0.3) is 0 Å². The number of imide groups is 2.